The van der Waals surface area contributed by atoms with Gasteiger partial charge in [0.15, 0.2) is 0 Å². The van der Waals surface area contributed by atoms with E-state index in [9.17, 15) is 13.0 Å². The Morgan fingerprint density at radius 3 is 2.22 bits per heavy atom. The zero-order chi connectivity index (χ0) is 19.3. The molecular weight excluding hydrogens is 364 g/mol. The first kappa shape index (κ1) is 19.6. The molecule has 1 aliphatic rings. The van der Waals surface area contributed by atoms with Crippen LogP contribution >= 0.6 is 0 Å². The highest BCUT2D eigenvalue weighted by molar-refractivity contribution is 7.85. The maximum absolute atomic E-state index is 11.0. The Kier molecular flexibility index (Phi) is 6.31. The van der Waals surface area contributed by atoms with E-state index >= 15 is 0 Å². The van der Waals surface area contributed by atoms with Crippen molar-refractivity contribution in [1.82, 2.24) is 0 Å². The van der Waals surface area contributed by atoms with Gasteiger partial charge in [0.05, 0.1) is 17.6 Å². The van der Waals surface area contributed by atoms with Crippen LogP contribution < -0.4 is 4.74 Å². The van der Waals surface area contributed by atoms with Crippen molar-refractivity contribution in [3.8, 4) is 5.75 Å². The van der Waals surface area contributed by atoms with Crippen LogP contribution in [0.2, 0.25) is 0 Å². The van der Waals surface area contributed by atoms with Gasteiger partial charge in [-0.3, -0.25) is 0 Å². The molecule has 2 aromatic rings. The fourth-order valence-corrected chi connectivity index (χ4v) is 3.67. The third-order valence-electron chi connectivity index (χ3n) is 4.72. The van der Waals surface area contributed by atoms with Gasteiger partial charge < -0.3 is 14.0 Å². The summed E-state index contributed by atoms with van der Waals surface area (Å²) >= 11 is 0. The molecule has 2 atom stereocenters. The van der Waals surface area contributed by atoms with Gasteiger partial charge in [-0.25, -0.2) is 8.42 Å². The first-order valence-corrected chi connectivity index (χ1v) is 10.4. The van der Waals surface area contributed by atoms with Crippen molar-refractivity contribution in [2.45, 2.75) is 49.4 Å². The summed E-state index contributed by atoms with van der Waals surface area (Å²) in [6.45, 7) is 4.26. The molecule has 1 saturated carbocycles. The first-order chi connectivity index (χ1) is 13.0. The fraction of sp³-hybridized carbons (Fsp3) is 0.333. The summed E-state index contributed by atoms with van der Waals surface area (Å²) in [5.74, 6) is 0.540. The van der Waals surface area contributed by atoms with Crippen molar-refractivity contribution in [1.29, 1.82) is 0 Å². The summed E-state index contributed by atoms with van der Waals surface area (Å²) in [6.07, 6.45) is 5.63. The molecule has 0 saturated heterocycles. The Labute approximate surface area is 160 Å². The molecule has 144 valence electrons. The molecule has 0 spiro atoms. The molecule has 1 fully saturated rings. The van der Waals surface area contributed by atoms with Gasteiger partial charge in [-0.2, -0.15) is 0 Å². The molecule has 2 aromatic carbocycles. The molecule has 1 aliphatic carbocycles. The van der Waals surface area contributed by atoms with E-state index in [1.807, 2.05) is 24.3 Å². The maximum atomic E-state index is 11.0. The molecule has 5 nitrogen and oxygen atoms in total. The van der Waals surface area contributed by atoms with Gasteiger partial charge in [0.1, 0.15) is 22.0 Å². The third kappa shape index (κ3) is 5.42. The molecule has 0 bridgehead atoms. The number of hydrogen-bond donors (Lipinski definition) is 0. The van der Waals surface area contributed by atoms with Gasteiger partial charge in [-0.1, -0.05) is 43.3 Å². The van der Waals surface area contributed by atoms with E-state index in [1.165, 1.54) is 24.3 Å². The summed E-state index contributed by atoms with van der Waals surface area (Å²) in [7, 11) is -4.44. The minimum atomic E-state index is -4.44. The fourth-order valence-electron chi connectivity index (χ4n) is 3.20. The van der Waals surface area contributed by atoms with Crippen LogP contribution in [0.4, 0.5) is 0 Å². The second-order valence-electron chi connectivity index (χ2n) is 6.66. The third-order valence-corrected chi connectivity index (χ3v) is 5.57. The van der Waals surface area contributed by atoms with E-state index in [1.54, 1.807) is 6.08 Å². The average Bonchev–Trinajstić information content (AvgIpc) is 2.67. The zero-order valence-electron chi connectivity index (χ0n) is 15.0. The molecule has 0 aliphatic heterocycles. The predicted octanol–water partition coefficient (Wildman–Crippen LogP) is 4.14. The first-order valence-electron chi connectivity index (χ1n) is 9.01. The standard InChI is InChI=1S/C21H24O5S/c1-2-16-7-9-17(10-8-16)15-25-20-5-3-4-6-21(20)26-18-11-13-19(14-12-18)27(22,23)24/h2,7-14,20-21H,1,3-6,15H2,(H,22,23,24)/p-1. The van der Waals surface area contributed by atoms with Gasteiger partial charge in [0.25, 0.3) is 0 Å². The Balaban J connectivity index is 1.61. The van der Waals surface area contributed by atoms with Gasteiger partial charge >= 0.3 is 0 Å². The Bertz CT molecular complexity index is 856. The second kappa shape index (κ2) is 8.69. The smallest absolute Gasteiger partial charge is 0.125 e. The monoisotopic (exact) mass is 387 g/mol. The highest BCUT2D eigenvalue weighted by Gasteiger charge is 2.27. The molecular formula is C21H23O5S-. The van der Waals surface area contributed by atoms with Crippen LogP contribution in [0.1, 0.15) is 36.8 Å². The van der Waals surface area contributed by atoms with E-state index < -0.39 is 10.1 Å². The largest absolute Gasteiger partial charge is 0.744 e. The summed E-state index contributed by atoms with van der Waals surface area (Å²) < 4.78 is 45.2. The number of benzene rings is 2. The topological polar surface area (TPSA) is 75.7 Å². The summed E-state index contributed by atoms with van der Waals surface area (Å²) in [4.78, 5) is -0.255. The molecule has 2 unspecified atom stereocenters. The number of ether oxygens (including phenoxy) is 2. The SMILES string of the molecule is C=Cc1ccc(COC2CCCCC2Oc2ccc(S(=O)(=O)[O-])cc2)cc1. The van der Waals surface area contributed by atoms with Crippen molar-refractivity contribution in [2.75, 3.05) is 0 Å². The van der Waals surface area contributed by atoms with Crippen molar-refractivity contribution in [3.63, 3.8) is 0 Å². The van der Waals surface area contributed by atoms with Gasteiger partial charge in [-0.05, 0) is 54.7 Å². The van der Waals surface area contributed by atoms with Gasteiger partial charge in [0.2, 0.25) is 0 Å². The molecule has 0 N–H and O–H groups in total. The Morgan fingerprint density at radius 2 is 1.63 bits per heavy atom. The summed E-state index contributed by atoms with van der Waals surface area (Å²) in [5.41, 5.74) is 2.16. The van der Waals surface area contributed by atoms with Crippen LogP contribution in [0.3, 0.4) is 0 Å². The van der Waals surface area contributed by atoms with Crippen molar-refractivity contribution < 1.29 is 22.4 Å². The van der Waals surface area contributed by atoms with Crippen LogP contribution in [-0.2, 0) is 21.5 Å². The summed E-state index contributed by atoms with van der Waals surface area (Å²) in [6, 6.07) is 13.7. The lowest BCUT2D eigenvalue weighted by atomic mass is 9.94. The lowest BCUT2D eigenvalue weighted by Crippen LogP contribution is -2.36. The number of hydrogen-bond acceptors (Lipinski definition) is 5. The van der Waals surface area contributed by atoms with Crippen LogP contribution in [-0.4, -0.2) is 25.2 Å². The van der Waals surface area contributed by atoms with Crippen molar-refractivity contribution in [3.05, 3.63) is 66.2 Å². The lowest BCUT2D eigenvalue weighted by Gasteiger charge is -2.32. The molecule has 27 heavy (non-hydrogen) atoms. The minimum Gasteiger partial charge on any atom is -0.744 e. The van der Waals surface area contributed by atoms with E-state index in [2.05, 4.69) is 6.58 Å². The zero-order valence-corrected chi connectivity index (χ0v) is 15.9. The quantitative estimate of drug-likeness (QED) is 0.668. The minimum absolute atomic E-state index is 0.0271. The van der Waals surface area contributed by atoms with E-state index in [0.717, 1.165) is 36.8 Å². The molecule has 3 rings (SSSR count). The molecule has 0 radical (unpaired) electrons. The van der Waals surface area contributed by atoms with Crippen LogP contribution in [0.15, 0.2) is 60.0 Å². The maximum Gasteiger partial charge on any atom is 0.125 e. The average molecular weight is 387 g/mol. The van der Waals surface area contributed by atoms with Crippen LogP contribution in [0.25, 0.3) is 6.08 Å². The molecule has 0 aromatic heterocycles. The van der Waals surface area contributed by atoms with Crippen molar-refractivity contribution >= 4 is 16.2 Å². The molecule has 0 amide bonds. The van der Waals surface area contributed by atoms with E-state index in [4.69, 9.17) is 9.47 Å². The lowest BCUT2D eigenvalue weighted by molar-refractivity contribution is -0.0554. The highest BCUT2D eigenvalue weighted by Crippen LogP contribution is 2.27. The van der Waals surface area contributed by atoms with E-state index in [-0.39, 0.29) is 17.1 Å². The second-order valence-corrected chi connectivity index (χ2v) is 8.04. The van der Waals surface area contributed by atoms with Gasteiger partial charge in [-0.15, -0.1) is 0 Å². The Hall–Kier alpha value is -2.15. The van der Waals surface area contributed by atoms with Crippen molar-refractivity contribution in [2.24, 2.45) is 0 Å². The van der Waals surface area contributed by atoms with Crippen LogP contribution in [0.5, 0.6) is 5.75 Å². The number of rotatable bonds is 7. The summed E-state index contributed by atoms with van der Waals surface area (Å²) in [5, 5.41) is 0. The van der Waals surface area contributed by atoms with Gasteiger partial charge in [0, 0.05) is 0 Å². The van der Waals surface area contributed by atoms with Crippen LogP contribution in [0, 0.1) is 0 Å². The molecule has 6 heteroatoms. The normalized spacial score (nSPS) is 20.2. The Morgan fingerprint density at radius 1 is 1.00 bits per heavy atom. The predicted molar refractivity (Wildman–Crippen MR) is 102 cm³/mol. The van der Waals surface area contributed by atoms with E-state index in [0.29, 0.717) is 12.4 Å². The highest BCUT2D eigenvalue weighted by atomic mass is 32.2. The molecule has 0 heterocycles.